The zero-order chi connectivity index (χ0) is 15.8. The van der Waals surface area contributed by atoms with E-state index in [-0.39, 0.29) is 11.8 Å². The molecule has 0 saturated heterocycles. The van der Waals surface area contributed by atoms with E-state index in [4.69, 9.17) is 0 Å². The predicted molar refractivity (Wildman–Crippen MR) is 91.8 cm³/mol. The minimum absolute atomic E-state index is 0.154. The van der Waals surface area contributed by atoms with Gasteiger partial charge in [-0.15, -0.1) is 0 Å². The van der Waals surface area contributed by atoms with E-state index < -0.39 is 0 Å². The summed E-state index contributed by atoms with van der Waals surface area (Å²) < 4.78 is 0. The van der Waals surface area contributed by atoms with Gasteiger partial charge < -0.3 is 9.80 Å². The number of rotatable bonds is 3. The largest absolute Gasteiger partial charge is 0.365 e. The standard InChI is InChI=1S/C19H21N3O/c1-14(15-5-4-10-20-13-15)19(23)22-12-11-21(16-8-9-16)17-6-2-3-7-18(17)22/h2-7,10,13-14,16H,8-9,11-12H2,1H3. The molecular formula is C19H21N3O. The van der Waals surface area contributed by atoms with Crippen molar-refractivity contribution in [2.45, 2.75) is 31.7 Å². The first-order valence-electron chi connectivity index (χ1n) is 8.32. The fraction of sp³-hybridized carbons (Fsp3) is 0.368. The molecule has 4 heteroatoms. The molecule has 23 heavy (non-hydrogen) atoms. The molecule has 2 aromatic rings. The SMILES string of the molecule is CC(C(=O)N1CCN(C2CC2)c2ccccc21)c1cccnc1. The number of carbonyl (C=O) groups excluding carboxylic acids is 1. The van der Waals surface area contributed by atoms with Crippen LogP contribution in [0.1, 0.15) is 31.2 Å². The van der Waals surface area contributed by atoms with Crippen molar-refractivity contribution in [3.63, 3.8) is 0 Å². The normalized spacial score (nSPS) is 18.5. The van der Waals surface area contributed by atoms with Crippen LogP contribution in [0.25, 0.3) is 0 Å². The molecule has 1 unspecified atom stereocenters. The molecular weight excluding hydrogens is 286 g/mol. The minimum Gasteiger partial charge on any atom is -0.365 e. The molecule has 0 radical (unpaired) electrons. The van der Waals surface area contributed by atoms with E-state index in [0.29, 0.717) is 6.04 Å². The Hall–Kier alpha value is -2.36. The van der Waals surface area contributed by atoms with E-state index in [0.717, 1.165) is 24.3 Å². The van der Waals surface area contributed by atoms with Crippen molar-refractivity contribution in [3.05, 3.63) is 54.4 Å². The number of fused-ring (bicyclic) bond motifs is 1. The lowest BCUT2D eigenvalue weighted by Gasteiger charge is -2.39. The summed E-state index contributed by atoms with van der Waals surface area (Å²) in [6.07, 6.45) is 6.07. The Labute approximate surface area is 136 Å². The van der Waals surface area contributed by atoms with Crippen molar-refractivity contribution in [2.24, 2.45) is 0 Å². The summed E-state index contributed by atoms with van der Waals surface area (Å²) >= 11 is 0. The van der Waals surface area contributed by atoms with Crippen molar-refractivity contribution < 1.29 is 4.79 Å². The van der Waals surface area contributed by atoms with E-state index in [9.17, 15) is 4.79 Å². The second kappa shape index (κ2) is 5.69. The van der Waals surface area contributed by atoms with Gasteiger partial charge in [-0.2, -0.15) is 0 Å². The third kappa shape index (κ3) is 2.58. The number of amides is 1. The second-order valence-corrected chi connectivity index (χ2v) is 6.41. The van der Waals surface area contributed by atoms with Gasteiger partial charge in [0.15, 0.2) is 0 Å². The molecule has 4 nitrogen and oxygen atoms in total. The molecule has 2 aliphatic rings. The van der Waals surface area contributed by atoms with Crippen molar-refractivity contribution in [2.75, 3.05) is 22.9 Å². The summed E-state index contributed by atoms with van der Waals surface area (Å²) in [6.45, 7) is 3.65. The van der Waals surface area contributed by atoms with E-state index >= 15 is 0 Å². The summed E-state index contributed by atoms with van der Waals surface area (Å²) in [6, 6.07) is 12.8. The fourth-order valence-electron chi connectivity index (χ4n) is 3.39. The molecule has 1 aliphatic heterocycles. The molecule has 1 fully saturated rings. The number of aromatic nitrogens is 1. The van der Waals surface area contributed by atoms with Gasteiger partial charge in [-0.1, -0.05) is 18.2 Å². The first-order valence-corrected chi connectivity index (χ1v) is 8.32. The Morgan fingerprint density at radius 1 is 1.13 bits per heavy atom. The zero-order valence-corrected chi connectivity index (χ0v) is 13.4. The Bertz CT molecular complexity index is 712. The number of anilines is 2. The summed E-state index contributed by atoms with van der Waals surface area (Å²) in [5, 5.41) is 0. The van der Waals surface area contributed by atoms with Crippen LogP contribution in [0.3, 0.4) is 0 Å². The van der Waals surface area contributed by atoms with Crippen LogP contribution in [0.15, 0.2) is 48.8 Å². The maximum Gasteiger partial charge on any atom is 0.234 e. The van der Waals surface area contributed by atoms with E-state index in [1.807, 2.05) is 30.0 Å². The Balaban J connectivity index is 1.64. The molecule has 0 N–H and O–H groups in total. The van der Waals surface area contributed by atoms with Crippen LogP contribution in [0, 0.1) is 0 Å². The third-order valence-corrected chi connectivity index (χ3v) is 4.85. The van der Waals surface area contributed by atoms with Crippen LogP contribution in [-0.4, -0.2) is 30.0 Å². The Morgan fingerprint density at radius 3 is 2.61 bits per heavy atom. The zero-order valence-electron chi connectivity index (χ0n) is 13.4. The Morgan fingerprint density at radius 2 is 1.91 bits per heavy atom. The molecule has 2 heterocycles. The van der Waals surface area contributed by atoms with E-state index in [1.54, 1.807) is 12.4 Å². The molecule has 1 saturated carbocycles. The molecule has 1 aromatic carbocycles. The first-order chi connectivity index (χ1) is 11.3. The highest BCUT2D eigenvalue weighted by atomic mass is 16.2. The number of pyridine rings is 1. The van der Waals surface area contributed by atoms with E-state index in [1.165, 1.54) is 18.5 Å². The number of nitrogens with zero attached hydrogens (tertiary/aromatic N) is 3. The molecule has 1 aromatic heterocycles. The smallest absolute Gasteiger partial charge is 0.234 e. The molecule has 1 aliphatic carbocycles. The second-order valence-electron chi connectivity index (χ2n) is 6.41. The minimum atomic E-state index is -0.177. The average Bonchev–Trinajstić information content (AvgIpc) is 3.45. The average molecular weight is 307 g/mol. The van der Waals surface area contributed by atoms with Gasteiger partial charge in [0.25, 0.3) is 0 Å². The fourth-order valence-corrected chi connectivity index (χ4v) is 3.39. The summed E-state index contributed by atoms with van der Waals surface area (Å²) in [7, 11) is 0. The maximum atomic E-state index is 13.0. The topological polar surface area (TPSA) is 36.4 Å². The highest BCUT2D eigenvalue weighted by molar-refractivity contribution is 6.01. The lowest BCUT2D eigenvalue weighted by molar-refractivity contribution is -0.119. The van der Waals surface area contributed by atoms with Gasteiger partial charge in [-0.05, 0) is 43.5 Å². The molecule has 1 atom stereocenters. The monoisotopic (exact) mass is 307 g/mol. The van der Waals surface area contributed by atoms with Gasteiger partial charge in [0.2, 0.25) is 5.91 Å². The lowest BCUT2D eigenvalue weighted by Crippen LogP contribution is -2.46. The number of carbonyl (C=O) groups is 1. The van der Waals surface area contributed by atoms with Gasteiger partial charge in [0.1, 0.15) is 0 Å². The predicted octanol–water partition coefficient (Wildman–Crippen LogP) is 3.20. The Kier molecular flexibility index (Phi) is 3.52. The van der Waals surface area contributed by atoms with Crippen LogP contribution >= 0.6 is 0 Å². The highest BCUT2D eigenvalue weighted by Crippen LogP contribution is 2.40. The lowest BCUT2D eigenvalue weighted by atomic mass is 10.0. The van der Waals surface area contributed by atoms with Crippen molar-refractivity contribution in [1.82, 2.24) is 4.98 Å². The molecule has 1 amide bonds. The van der Waals surface area contributed by atoms with Gasteiger partial charge in [-0.25, -0.2) is 0 Å². The number of hydrogen-bond donors (Lipinski definition) is 0. The number of benzene rings is 1. The molecule has 118 valence electrons. The van der Waals surface area contributed by atoms with Crippen LogP contribution in [-0.2, 0) is 4.79 Å². The third-order valence-electron chi connectivity index (χ3n) is 4.85. The van der Waals surface area contributed by atoms with Gasteiger partial charge in [0, 0.05) is 31.5 Å². The van der Waals surface area contributed by atoms with Crippen LogP contribution in [0.5, 0.6) is 0 Å². The maximum absolute atomic E-state index is 13.0. The first kappa shape index (κ1) is 14.2. The summed E-state index contributed by atoms with van der Waals surface area (Å²) in [5.41, 5.74) is 3.22. The van der Waals surface area contributed by atoms with Gasteiger partial charge in [-0.3, -0.25) is 9.78 Å². The molecule has 0 spiro atoms. The van der Waals surface area contributed by atoms with Crippen LogP contribution in [0.4, 0.5) is 11.4 Å². The van der Waals surface area contributed by atoms with Gasteiger partial charge in [0.05, 0.1) is 17.3 Å². The quantitative estimate of drug-likeness (QED) is 0.873. The van der Waals surface area contributed by atoms with Crippen molar-refractivity contribution in [3.8, 4) is 0 Å². The highest BCUT2D eigenvalue weighted by Gasteiger charge is 2.36. The summed E-state index contributed by atoms with van der Waals surface area (Å²) in [4.78, 5) is 21.6. The van der Waals surface area contributed by atoms with Crippen LogP contribution in [0.2, 0.25) is 0 Å². The number of hydrogen-bond acceptors (Lipinski definition) is 3. The molecule has 4 rings (SSSR count). The van der Waals surface area contributed by atoms with Crippen LogP contribution < -0.4 is 9.80 Å². The summed E-state index contributed by atoms with van der Waals surface area (Å²) in [5.74, 6) is -0.0230. The van der Waals surface area contributed by atoms with Crippen molar-refractivity contribution in [1.29, 1.82) is 0 Å². The molecule has 0 bridgehead atoms. The van der Waals surface area contributed by atoms with E-state index in [2.05, 4.69) is 28.1 Å². The van der Waals surface area contributed by atoms with Gasteiger partial charge >= 0.3 is 0 Å². The van der Waals surface area contributed by atoms with Crippen molar-refractivity contribution >= 4 is 17.3 Å². The number of para-hydroxylation sites is 2.